The Bertz CT molecular complexity index is 596. The maximum atomic E-state index is 11.1. The van der Waals surface area contributed by atoms with Crippen LogP contribution < -0.4 is 0 Å². The Morgan fingerprint density at radius 2 is 2.05 bits per heavy atom. The van der Waals surface area contributed by atoms with Gasteiger partial charge in [0.1, 0.15) is 5.52 Å². The Labute approximate surface area is 111 Å². The van der Waals surface area contributed by atoms with Crippen LogP contribution in [0.25, 0.3) is 10.9 Å². The van der Waals surface area contributed by atoms with Crippen LogP contribution in [-0.2, 0) is 11.3 Å². The zero-order valence-corrected chi connectivity index (χ0v) is 11.4. The van der Waals surface area contributed by atoms with Crippen LogP contribution in [0.4, 0.5) is 5.69 Å². The van der Waals surface area contributed by atoms with Crippen molar-refractivity contribution in [1.29, 1.82) is 0 Å². The van der Waals surface area contributed by atoms with Crippen molar-refractivity contribution in [3.63, 3.8) is 0 Å². The fourth-order valence-electron chi connectivity index (χ4n) is 2.02. The highest BCUT2D eigenvalue weighted by molar-refractivity contribution is 5.88. The van der Waals surface area contributed by atoms with E-state index in [1.54, 1.807) is 6.07 Å². The maximum Gasteiger partial charge on any atom is 0.293 e. The van der Waals surface area contributed by atoms with Crippen molar-refractivity contribution < 1.29 is 9.66 Å². The average Bonchev–Trinajstić information content (AvgIpc) is 2.70. The highest BCUT2D eigenvalue weighted by Crippen LogP contribution is 2.26. The minimum atomic E-state index is -0.344. The number of hydrogen-bond donors (Lipinski definition) is 0. The molecule has 19 heavy (non-hydrogen) atoms. The minimum Gasteiger partial charge on any atom is -0.374 e. The fraction of sp³-hybridized carbons (Fsp3) is 0.429. The van der Waals surface area contributed by atoms with Gasteiger partial charge in [-0.25, -0.2) is 0 Å². The lowest BCUT2D eigenvalue weighted by Crippen LogP contribution is -2.21. The topological polar surface area (TPSA) is 57.3 Å². The molecule has 0 aliphatic heterocycles. The first kappa shape index (κ1) is 13.5. The Morgan fingerprint density at radius 1 is 1.32 bits per heavy atom. The molecule has 0 bridgehead atoms. The second-order valence-corrected chi connectivity index (χ2v) is 5.44. The molecule has 0 amide bonds. The van der Waals surface area contributed by atoms with Gasteiger partial charge in [-0.1, -0.05) is 12.1 Å². The molecule has 0 aliphatic rings. The molecule has 5 heteroatoms. The van der Waals surface area contributed by atoms with Gasteiger partial charge in [0.2, 0.25) is 0 Å². The van der Waals surface area contributed by atoms with E-state index in [0.29, 0.717) is 18.7 Å². The van der Waals surface area contributed by atoms with E-state index in [1.807, 2.05) is 43.7 Å². The zero-order chi connectivity index (χ0) is 14.0. The van der Waals surface area contributed by atoms with E-state index >= 15 is 0 Å². The van der Waals surface area contributed by atoms with E-state index in [-0.39, 0.29) is 16.2 Å². The second-order valence-electron chi connectivity index (χ2n) is 5.44. The van der Waals surface area contributed by atoms with Gasteiger partial charge < -0.3 is 9.30 Å². The van der Waals surface area contributed by atoms with Crippen LogP contribution in [0.5, 0.6) is 0 Å². The first-order chi connectivity index (χ1) is 8.88. The van der Waals surface area contributed by atoms with Gasteiger partial charge in [-0.15, -0.1) is 0 Å². The van der Waals surface area contributed by atoms with Crippen LogP contribution in [0.3, 0.4) is 0 Å². The lowest BCUT2D eigenvalue weighted by molar-refractivity contribution is -0.383. The van der Waals surface area contributed by atoms with Crippen LogP contribution in [0.1, 0.15) is 20.8 Å². The fourth-order valence-corrected chi connectivity index (χ4v) is 2.02. The van der Waals surface area contributed by atoms with E-state index in [1.165, 1.54) is 6.07 Å². The summed E-state index contributed by atoms with van der Waals surface area (Å²) in [6, 6.07) is 7.00. The third-order valence-electron chi connectivity index (χ3n) is 2.83. The summed E-state index contributed by atoms with van der Waals surface area (Å²) >= 11 is 0. The molecule has 0 N–H and O–H groups in total. The third-order valence-corrected chi connectivity index (χ3v) is 2.83. The molecule has 0 spiro atoms. The van der Waals surface area contributed by atoms with Crippen LogP contribution in [0.15, 0.2) is 30.5 Å². The van der Waals surface area contributed by atoms with Gasteiger partial charge in [0, 0.05) is 24.2 Å². The Balaban J connectivity index is 2.26. The van der Waals surface area contributed by atoms with Gasteiger partial charge in [0.05, 0.1) is 17.1 Å². The normalized spacial score (nSPS) is 11.9. The van der Waals surface area contributed by atoms with Crippen molar-refractivity contribution >= 4 is 16.6 Å². The van der Waals surface area contributed by atoms with Crippen molar-refractivity contribution in [3.8, 4) is 0 Å². The Morgan fingerprint density at radius 3 is 2.68 bits per heavy atom. The maximum absolute atomic E-state index is 11.1. The number of aromatic nitrogens is 1. The van der Waals surface area contributed by atoms with Crippen LogP contribution in [0, 0.1) is 10.1 Å². The number of benzene rings is 1. The molecule has 0 unspecified atom stereocenters. The van der Waals surface area contributed by atoms with E-state index in [9.17, 15) is 10.1 Å². The monoisotopic (exact) mass is 262 g/mol. The number of hydrogen-bond acceptors (Lipinski definition) is 3. The van der Waals surface area contributed by atoms with E-state index < -0.39 is 0 Å². The number of nitro benzene ring substituents is 1. The number of non-ortho nitro benzene ring substituents is 1. The first-order valence-electron chi connectivity index (χ1n) is 6.25. The number of ether oxygens (including phenoxy) is 1. The Kier molecular flexibility index (Phi) is 3.57. The highest BCUT2D eigenvalue weighted by Gasteiger charge is 2.16. The predicted molar refractivity (Wildman–Crippen MR) is 74.3 cm³/mol. The summed E-state index contributed by atoms with van der Waals surface area (Å²) in [5.74, 6) is 0. The molecule has 0 atom stereocenters. The SMILES string of the molecule is CC(C)(C)OCCn1ccc2cccc([N+](=O)[O-])c21. The lowest BCUT2D eigenvalue weighted by atomic mass is 10.2. The highest BCUT2D eigenvalue weighted by atomic mass is 16.6. The molecule has 0 saturated heterocycles. The van der Waals surface area contributed by atoms with Crippen molar-refractivity contribution in [2.45, 2.75) is 32.9 Å². The molecule has 102 valence electrons. The molecular formula is C14H18N2O3. The van der Waals surface area contributed by atoms with Gasteiger partial charge in [-0.05, 0) is 26.8 Å². The van der Waals surface area contributed by atoms with Crippen molar-refractivity contribution in [1.82, 2.24) is 4.57 Å². The standard InChI is InChI=1S/C14H18N2O3/c1-14(2,3)19-10-9-15-8-7-11-5-4-6-12(13(11)15)16(17)18/h4-8H,9-10H2,1-3H3. The Hall–Kier alpha value is -1.88. The van der Waals surface area contributed by atoms with Crippen molar-refractivity contribution in [2.75, 3.05) is 6.61 Å². The molecule has 0 radical (unpaired) electrons. The van der Waals surface area contributed by atoms with Crippen LogP contribution >= 0.6 is 0 Å². The van der Waals surface area contributed by atoms with Gasteiger partial charge in [-0.3, -0.25) is 10.1 Å². The van der Waals surface area contributed by atoms with E-state index in [2.05, 4.69) is 0 Å². The molecule has 5 nitrogen and oxygen atoms in total. The van der Waals surface area contributed by atoms with E-state index in [0.717, 1.165) is 5.39 Å². The van der Waals surface area contributed by atoms with Gasteiger partial charge >= 0.3 is 0 Å². The number of para-hydroxylation sites is 1. The van der Waals surface area contributed by atoms with Gasteiger partial charge in [-0.2, -0.15) is 0 Å². The molecule has 2 aromatic rings. The second kappa shape index (κ2) is 5.01. The molecule has 0 aliphatic carbocycles. The molecule has 1 heterocycles. The predicted octanol–water partition coefficient (Wildman–Crippen LogP) is 3.36. The lowest BCUT2D eigenvalue weighted by Gasteiger charge is -2.19. The average molecular weight is 262 g/mol. The number of nitrogens with zero attached hydrogens (tertiary/aromatic N) is 2. The molecule has 1 aromatic heterocycles. The molecule has 2 rings (SSSR count). The summed E-state index contributed by atoms with van der Waals surface area (Å²) in [7, 11) is 0. The summed E-state index contributed by atoms with van der Waals surface area (Å²) in [5.41, 5.74) is 0.595. The van der Waals surface area contributed by atoms with Gasteiger partial charge in [0.25, 0.3) is 5.69 Å². The number of fused-ring (bicyclic) bond motifs is 1. The largest absolute Gasteiger partial charge is 0.374 e. The van der Waals surface area contributed by atoms with Crippen molar-refractivity contribution in [3.05, 3.63) is 40.6 Å². The smallest absolute Gasteiger partial charge is 0.293 e. The minimum absolute atomic E-state index is 0.137. The molecule has 1 aromatic carbocycles. The molecular weight excluding hydrogens is 244 g/mol. The third kappa shape index (κ3) is 3.12. The molecule has 0 fully saturated rings. The summed E-state index contributed by atoms with van der Waals surface area (Å²) in [6.45, 7) is 7.10. The van der Waals surface area contributed by atoms with E-state index in [4.69, 9.17) is 4.74 Å². The summed E-state index contributed by atoms with van der Waals surface area (Å²) < 4.78 is 7.54. The zero-order valence-electron chi connectivity index (χ0n) is 11.4. The van der Waals surface area contributed by atoms with Gasteiger partial charge in [0.15, 0.2) is 0 Å². The van der Waals surface area contributed by atoms with Crippen LogP contribution in [0.2, 0.25) is 0 Å². The summed E-state index contributed by atoms with van der Waals surface area (Å²) in [4.78, 5) is 10.7. The quantitative estimate of drug-likeness (QED) is 0.627. The summed E-state index contributed by atoms with van der Waals surface area (Å²) in [6.07, 6.45) is 1.86. The summed E-state index contributed by atoms with van der Waals surface area (Å²) in [5, 5.41) is 11.9. The first-order valence-corrected chi connectivity index (χ1v) is 6.25. The number of nitro groups is 1. The molecule has 0 saturated carbocycles. The van der Waals surface area contributed by atoms with Crippen LogP contribution in [-0.4, -0.2) is 21.7 Å². The number of rotatable bonds is 4. The van der Waals surface area contributed by atoms with Crippen molar-refractivity contribution in [2.24, 2.45) is 0 Å².